The van der Waals surface area contributed by atoms with Crippen LogP contribution in [0.5, 0.6) is 0 Å². The number of fused-ring (bicyclic) bond motifs is 1. The van der Waals surface area contributed by atoms with Crippen molar-refractivity contribution < 1.29 is 0 Å². The van der Waals surface area contributed by atoms with Gasteiger partial charge in [-0.1, -0.05) is 6.07 Å². The summed E-state index contributed by atoms with van der Waals surface area (Å²) < 4.78 is 3.07. The van der Waals surface area contributed by atoms with Crippen LogP contribution < -0.4 is 5.73 Å². The van der Waals surface area contributed by atoms with Crippen LogP contribution in [-0.4, -0.2) is 14.9 Å². The molecule has 1 aliphatic rings. The van der Waals surface area contributed by atoms with Crippen LogP contribution in [0.15, 0.2) is 22.9 Å². The van der Waals surface area contributed by atoms with Gasteiger partial charge in [-0.3, -0.25) is 0 Å². The van der Waals surface area contributed by atoms with Crippen molar-refractivity contribution in [3.63, 3.8) is 0 Å². The quantitative estimate of drug-likeness (QED) is 0.946. The monoisotopic (exact) mass is 293 g/mol. The molecular formula is C13H16BrN3. The fraction of sp³-hybridized carbons (Fsp3) is 0.462. The summed E-state index contributed by atoms with van der Waals surface area (Å²) in [4.78, 5) is 4.46. The first-order chi connectivity index (χ1) is 8.09. The molecule has 1 aliphatic carbocycles. The second-order valence-electron chi connectivity index (χ2n) is 5.06. The highest BCUT2D eigenvalue weighted by molar-refractivity contribution is 9.10. The van der Waals surface area contributed by atoms with Crippen LogP contribution in [0.25, 0.3) is 5.52 Å². The molecule has 3 rings (SSSR count). The summed E-state index contributed by atoms with van der Waals surface area (Å²) in [7, 11) is 0. The Labute approximate surface area is 109 Å². The molecule has 4 heteroatoms. The van der Waals surface area contributed by atoms with Gasteiger partial charge in [-0.15, -0.1) is 0 Å². The zero-order valence-electron chi connectivity index (χ0n) is 9.91. The minimum atomic E-state index is 0.119. The van der Waals surface area contributed by atoms with Gasteiger partial charge in [0.15, 0.2) is 0 Å². The molecule has 0 atom stereocenters. The molecule has 2 N–H and O–H groups in total. The summed E-state index contributed by atoms with van der Waals surface area (Å²) >= 11 is 3.54. The molecular weight excluding hydrogens is 278 g/mol. The van der Waals surface area contributed by atoms with Crippen molar-refractivity contribution in [3.8, 4) is 0 Å². The number of halogens is 1. The van der Waals surface area contributed by atoms with Gasteiger partial charge in [0.25, 0.3) is 0 Å². The number of nitrogens with two attached hydrogens (primary N) is 1. The Morgan fingerprint density at radius 2 is 2.29 bits per heavy atom. The van der Waals surface area contributed by atoms with Crippen molar-refractivity contribution in [3.05, 3.63) is 34.3 Å². The first-order valence-electron chi connectivity index (χ1n) is 6.00. The number of pyridine rings is 1. The van der Waals surface area contributed by atoms with E-state index in [0.717, 1.165) is 23.3 Å². The summed E-state index contributed by atoms with van der Waals surface area (Å²) in [6.45, 7) is 2.02. The van der Waals surface area contributed by atoms with E-state index in [0.29, 0.717) is 0 Å². The van der Waals surface area contributed by atoms with Gasteiger partial charge >= 0.3 is 0 Å². The average molecular weight is 294 g/mol. The van der Waals surface area contributed by atoms with Crippen molar-refractivity contribution in [1.29, 1.82) is 0 Å². The molecule has 0 radical (unpaired) electrons. The molecule has 0 amide bonds. The normalized spacial score (nSPS) is 17.6. The van der Waals surface area contributed by atoms with E-state index in [2.05, 4.69) is 43.6 Å². The molecule has 3 nitrogen and oxygen atoms in total. The summed E-state index contributed by atoms with van der Waals surface area (Å²) in [5.41, 5.74) is 8.79. The molecule has 1 saturated carbocycles. The molecule has 90 valence electrons. The van der Waals surface area contributed by atoms with Crippen molar-refractivity contribution >= 4 is 21.4 Å². The Morgan fingerprint density at radius 3 is 3.00 bits per heavy atom. The van der Waals surface area contributed by atoms with E-state index in [1.54, 1.807) is 0 Å². The summed E-state index contributed by atoms with van der Waals surface area (Å²) in [5.74, 6) is 1.02. The second-order valence-corrected chi connectivity index (χ2v) is 5.82. The highest BCUT2D eigenvalue weighted by Gasteiger charge is 2.37. The maximum atomic E-state index is 6.15. The first-order valence-corrected chi connectivity index (χ1v) is 6.79. The van der Waals surface area contributed by atoms with Crippen molar-refractivity contribution in [2.75, 3.05) is 0 Å². The standard InChI is InChI=1S/C13H16BrN3/c1-9-16-12(14)11-10(3-2-8-17(9)11)4-5-13(15)6-7-13/h2-3,8H,4-7,15H2,1H3. The predicted octanol–water partition coefficient (Wildman–Crippen LogP) is 2.83. The number of hydrogen-bond donors (Lipinski definition) is 1. The third kappa shape index (κ3) is 2.00. The minimum Gasteiger partial charge on any atom is -0.325 e. The van der Waals surface area contributed by atoms with Crippen LogP contribution >= 0.6 is 15.9 Å². The number of hydrogen-bond acceptors (Lipinski definition) is 2. The highest BCUT2D eigenvalue weighted by Crippen LogP contribution is 2.37. The zero-order chi connectivity index (χ0) is 12.0. The average Bonchev–Trinajstić information content (AvgIpc) is 2.97. The van der Waals surface area contributed by atoms with Crippen molar-refractivity contribution in [2.45, 2.75) is 38.1 Å². The molecule has 1 fully saturated rings. The Balaban J connectivity index is 1.97. The minimum absolute atomic E-state index is 0.119. The van der Waals surface area contributed by atoms with Gasteiger partial charge in [-0.25, -0.2) is 4.98 Å². The van der Waals surface area contributed by atoms with Gasteiger partial charge < -0.3 is 10.1 Å². The van der Waals surface area contributed by atoms with Gasteiger partial charge in [0.2, 0.25) is 0 Å². The molecule has 0 saturated heterocycles. The van der Waals surface area contributed by atoms with E-state index in [9.17, 15) is 0 Å². The van der Waals surface area contributed by atoms with Crippen molar-refractivity contribution in [1.82, 2.24) is 9.38 Å². The Hall–Kier alpha value is -0.870. The number of imidazole rings is 1. The van der Waals surface area contributed by atoms with Gasteiger partial charge in [0.1, 0.15) is 10.4 Å². The number of rotatable bonds is 3. The molecule has 0 unspecified atom stereocenters. The van der Waals surface area contributed by atoms with E-state index >= 15 is 0 Å². The van der Waals surface area contributed by atoms with Crippen LogP contribution in [0.2, 0.25) is 0 Å². The van der Waals surface area contributed by atoms with E-state index in [-0.39, 0.29) is 5.54 Å². The van der Waals surface area contributed by atoms with E-state index in [4.69, 9.17) is 5.73 Å². The number of aryl methyl sites for hydroxylation is 2. The molecule has 0 bridgehead atoms. The van der Waals surface area contributed by atoms with Gasteiger partial charge in [0.05, 0.1) is 5.52 Å². The van der Waals surface area contributed by atoms with Crippen molar-refractivity contribution in [2.24, 2.45) is 5.73 Å². The Morgan fingerprint density at radius 1 is 1.53 bits per heavy atom. The fourth-order valence-corrected chi connectivity index (χ4v) is 3.00. The second kappa shape index (κ2) is 3.82. The van der Waals surface area contributed by atoms with Crippen LogP contribution in [0.4, 0.5) is 0 Å². The molecule has 0 aromatic carbocycles. The molecule has 0 spiro atoms. The lowest BCUT2D eigenvalue weighted by Gasteiger charge is -2.09. The Bertz CT molecular complexity index is 569. The Kier molecular flexibility index (Phi) is 2.52. The maximum absolute atomic E-state index is 6.15. The van der Waals surface area contributed by atoms with Gasteiger partial charge in [-0.2, -0.15) is 0 Å². The smallest absolute Gasteiger partial charge is 0.132 e. The number of nitrogens with zero attached hydrogens (tertiary/aromatic N) is 2. The number of aromatic nitrogens is 2. The van der Waals surface area contributed by atoms with E-state index in [1.165, 1.54) is 23.9 Å². The lowest BCUT2D eigenvalue weighted by Crippen LogP contribution is -2.22. The molecule has 2 aromatic rings. The topological polar surface area (TPSA) is 43.3 Å². The first kappa shape index (κ1) is 11.2. The van der Waals surface area contributed by atoms with Gasteiger partial charge in [-0.05, 0) is 60.2 Å². The molecule has 0 aliphatic heterocycles. The fourth-order valence-electron chi connectivity index (χ4n) is 2.30. The van der Waals surface area contributed by atoms with Crippen LogP contribution in [-0.2, 0) is 6.42 Å². The van der Waals surface area contributed by atoms with Crippen LogP contribution in [0.3, 0.4) is 0 Å². The summed E-state index contributed by atoms with van der Waals surface area (Å²) in [5, 5.41) is 0. The summed E-state index contributed by atoms with van der Waals surface area (Å²) in [6.07, 6.45) is 6.51. The predicted molar refractivity (Wildman–Crippen MR) is 72.1 cm³/mol. The van der Waals surface area contributed by atoms with E-state index in [1.807, 2.05) is 6.92 Å². The summed E-state index contributed by atoms with van der Waals surface area (Å²) in [6, 6.07) is 4.26. The zero-order valence-corrected chi connectivity index (χ0v) is 11.5. The SMILES string of the molecule is Cc1nc(Br)c2c(CCC3(N)CC3)cccn12. The lowest BCUT2D eigenvalue weighted by molar-refractivity contribution is 0.610. The largest absolute Gasteiger partial charge is 0.325 e. The molecule has 2 aromatic heterocycles. The van der Waals surface area contributed by atoms with Gasteiger partial charge in [0, 0.05) is 11.7 Å². The van der Waals surface area contributed by atoms with Crippen LogP contribution in [0.1, 0.15) is 30.7 Å². The van der Waals surface area contributed by atoms with Crippen LogP contribution in [0, 0.1) is 6.92 Å². The lowest BCUT2D eigenvalue weighted by atomic mass is 10.0. The molecule has 17 heavy (non-hydrogen) atoms. The maximum Gasteiger partial charge on any atom is 0.132 e. The third-order valence-electron chi connectivity index (χ3n) is 3.67. The third-order valence-corrected chi connectivity index (χ3v) is 4.22. The highest BCUT2D eigenvalue weighted by atomic mass is 79.9. The van der Waals surface area contributed by atoms with E-state index < -0.39 is 0 Å². The molecule has 2 heterocycles.